The van der Waals surface area contributed by atoms with Crippen molar-refractivity contribution in [2.75, 3.05) is 6.61 Å². The lowest BCUT2D eigenvalue weighted by atomic mass is 10.1. The van der Waals surface area contributed by atoms with E-state index >= 15 is 0 Å². The van der Waals surface area contributed by atoms with Gasteiger partial charge in [-0.05, 0) is 30.5 Å². The largest absolute Gasteiger partial charge is 0.466 e. The second-order valence-corrected chi connectivity index (χ2v) is 4.42. The van der Waals surface area contributed by atoms with Gasteiger partial charge in [0.25, 0.3) is 0 Å². The molecule has 0 aliphatic heterocycles. The maximum atomic E-state index is 11.2. The first-order valence-electron chi connectivity index (χ1n) is 5.47. The first-order valence-corrected chi connectivity index (χ1v) is 6.26. The van der Waals surface area contributed by atoms with E-state index < -0.39 is 0 Å². The van der Waals surface area contributed by atoms with Crippen LogP contribution >= 0.6 is 15.9 Å². The average Bonchev–Trinajstić information content (AvgIpc) is 2.30. The average molecular weight is 296 g/mol. The minimum atomic E-state index is -0.176. The van der Waals surface area contributed by atoms with Crippen LogP contribution in [0, 0.1) is 11.3 Å². The van der Waals surface area contributed by atoms with E-state index in [1.54, 1.807) is 6.92 Å². The third kappa shape index (κ3) is 4.58. The van der Waals surface area contributed by atoms with Crippen LogP contribution in [0.1, 0.15) is 24.5 Å². The van der Waals surface area contributed by atoms with Crippen molar-refractivity contribution >= 4 is 21.9 Å². The number of hydrogen-bond acceptors (Lipinski definition) is 3. The molecule has 0 radical (unpaired) electrons. The molecule has 0 bridgehead atoms. The number of nitriles is 1. The maximum Gasteiger partial charge on any atom is 0.306 e. The summed E-state index contributed by atoms with van der Waals surface area (Å²) in [5, 5.41) is 8.62. The smallest absolute Gasteiger partial charge is 0.306 e. The molecule has 0 fully saturated rings. The van der Waals surface area contributed by atoms with Crippen LogP contribution in [-0.4, -0.2) is 12.6 Å². The second kappa shape index (κ2) is 7.08. The third-order valence-electron chi connectivity index (χ3n) is 2.31. The van der Waals surface area contributed by atoms with Gasteiger partial charge in [0.2, 0.25) is 0 Å². The summed E-state index contributed by atoms with van der Waals surface area (Å²) >= 11 is 3.42. The van der Waals surface area contributed by atoms with Crippen LogP contribution < -0.4 is 0 Å². The molecule has 0 amide bonds. The molecule has 3 nitrogen and oxygen atoms in total. The van der Waals surface area contributed by atoms with Crippen LogP contribution in [0.3, 0.4) is 0 Å². The molecule has 0 saturated carbocycles. The zero-order chi connectivity index (χ0) is 12.7. The van der Waals surface area contributed by atoms with Crippen molar-refractivity contribution in [3.05, 3.63) is 33.8 Å². The Labute approximate surface area is 110 Å². The van der Waals surface area contributed by atoms with Gasteiger partial charge in [-0.25, -0.2) is 0 Å². The van der Waals surface area contributed by atoms with Gasteiger partial charge in [-0.2, -0.15) is 5.26 Å². The Balaban J connectivity index is 2.59. The van der Waals surface area contributed by atoms with Gasteiger partial charge in [-0.3, -0.25) is 4.79 Å². The molecule has 0 aliphatic rings. The highest BCUT2D eigenvalue weighted by molar-refractivity contribution is 9.10. The number of esters is 1. The fourth-order valence-electron chi connectivity index (χ4n) is 1.45. The number of carbonyl (C=O) groups excluding carboxylic acids is 1. The summed E-state index contributed by atoms with van der Waals surface area (Å²) in [4.78, 5) is 11.2. The minimum absolute atomic E-state index is 0.176. The highest BCUT2D eigenvalue weighted by Gasteiger charge is 2.05. The predicted octanol–water partition coefficient (Wildman–Crippen LogP) is 3.01. The molecule has 0 saturated heterocycles. The molecule has 0 aliphatic carbocycles. The molecule has 1 aromatic rings. The van der Waals surface area contributed by atoms with E-state index in [4.69, 9.17) is 10.00 Å². The van der Waals surface area contributed by atoms with Crippen LogP contribution in [0.4, 0.5) is 0 Å². The zero-order valence-electron chi connectivity index (χ0n) is 9.70. The molecular weight excluding hydrogens is 282 g/mol. The van der Waals surface area contributed by atoms with E-state index in [9.17, 15) is 4.79 Å². The number of ether oxygens (including phenoxy) is 1. The lowest BCUT2D eigenvalue weighted by molar-refractivity contribution is -0.143. The SMILES string of the molecule is CCOC(=O)CCc1ccc(CC#N)c(Br)c1. The molecule has 1 aromatic carbocycles. The Morgan fingerprint density at radius 1 is 1.53 bits per heavy atom. The van der Waals surface area contributed by atoms with Crippen LogP contribution in [0.25, 0.3) is 0 Å². The standard InChI is InChI=1S/C13H14BrNO2/c1-2-17-13(16)6-4-10-3-5-11(7-8-15)12(14)9-10/h3,5,9H,2,4,6-7H2,1H3. The molecule has 0 unspecified atom stereocenters. The second-order valence-electron chi connectivity index (χ2n) is 3.57. The van der Waals surface area contributed by atoms with Gasteiger partial charge in [0.15, 0.2) is 0 Å². The van der Waals surface area contributed by atoms with Crippen LogP contribution in [0.2, 0.25) is 0 Å². The quantitative estimate of drug-likeness (QED) is 0.785. The molecular formula is C13H14BrNO2. The number of aryl methyl sites for hydroxylation is 1. The fourth-order valence-corrected chi connectivity index (χ4v) is 2.02. The minimum Gasteiger partial charge on any atom is -0.466 e. The highest BCUT2D eigenvalue weighted by atomic mass is 79.9. The van der Waals surface area contributed by atoms with Gasteiger partial charge in [0.05, 0.1) is 19.1 Å². The number of halogens is 1. The summed E-state index contributed by atoms with van der Waals surface area (Å²) < 4.78 is 5.78. The number of nitrogens with zero attached hydrogens (tertiary/aromatic N) is 1. The normalized spacial score (nSPS) is 9.71. The van der Waals surface area contributed by atoms with Crippen molar-refractivity contribution in [2.45, 2.75) is 26.2 Å². The van der Waals surface area contributed by atoms with Gasteiger partial charge in [-0.1, -0.05) is 28.1 Å². The predicted molar refractivity (Wildman–Crippen MR) is 68.4 cm³/mol. The molecule has 0 atom stereocenters. The van der Waals surface area contributed by atoms with Gasteiger partial charge in [0.1, 0.15) is 0 Å². The van der Waals surface area contributed by atoms with E-state index in [0.717, 1.165) is 15.6 Å². The lowest BCUT2D eigenvalue weighted by Gasteiger charge is -2.05. The van der Waals surface area contributed by atoms with Crippen LogP contribution in [0.15, 0.2) is 22.7 Å². The van der Waals surface area contributed by atoms with Crippen molar-refractivity contribution in [2.24, 2.45) is 0 Å². The first-order chi connectivity index (χ1) is 8.17. The molecule has 4 heteroatoms. The first kappa shape index (κ1) is 13.7. The van der Waals surface area contributed by atoms with E-state index in [2.05, 4.69) is 22.0 Å². The molecule has 90 valence electrons. The molecule has 0 aromatic heterocycles. The van der Waals surface area contributed by atoms with E-state index in [1.807, 2.05) is 18.2 Å². The monoisotopic (exact) mass is 295 g/mol. The lowest BCUT2D eigenvalue weighted by Crippen LogP contribution is -2.05. The van der Waals surface area contributed by atoms with E-state index in [0.29, 0.717) is 25.9 Å². The van der Waals surface area contributed by atoms with Crippen LogP contribution in [0.5, 0.6) is 0 Å². The zero-order valence-corrected chi connectivity index (χ0v) is 11.3. The Bertz CT molecular complexity index is 438. The third-order valence-corrected chi connectivity index (χ3v) is 3.05. The molecule has 0 N–H and O–H groups in total. The fraction of sp³-hybridized carbons (Fsp3) is 0.385. The van der Waals surface area contributed by atoms with Crippen LogP contribution in [-0.2, 0) is 22.4 Å². The molecule has 17 heavy (non-hydrogen) atoms. The van der Waals surface area contributed by atoms with Crippen molar-refractivity contribution < 1.29 is 9.53 Å². The summed E-state index contributed by atoms with van der Waals surface area (Å²) in [5.74, 6) is -0.176. The van der Waals surface area contributed by atoms with Gasteiger partial charge in [-0.15, -0.1) is 0 Å². The summed E-state index contributed by atoms with van der Waals surface area (Å²) in [5.41, 5.74) is 2.03. The van der Waals surface area contributed by atoms with Gasteiger partial charge >= 0.3 is 5.97 Å². The van der Waals surface area contributed by atoms with E-state index in [1.165, 1.54) is 0 Å². The van der Waals surface area contributed by atoms with E-state index in [-0.39, 0.29) is 5.97 Å². The molecule has 0 heterocycles. The number of benzene rings is 1. The highest BCUT2D eigenvalue weighted by Crippen LogP contribution is 2.20. The number of carbonyl (C=O) groups is 1. The van der Waals surface area contributed by atoms with Crippen molar-refractivity contribution in [3.8, 4) is 6.07 Å². The van der Waals surface area contributed by atoms with Crippen molar-refractivity contribution in [1.82, 2.24) is 0 Å². The number of hydrogen-bond donors (Lipinski definition) is 0. The maximum absolute atomic E-state index is 11.2. The number of rotatable bonds is 5. The Kier molecular flexibility index (Phi) is 5.71. The topological polar surface area (TPSA) is 50.1 Å². The summed E-state index contributed by atoms with van der Waals surface area (Å²) in [7, 11) is 0. The van der Waals surface area contributed by atoms with Gasteiger partial charge < -0.3 is 4.74 Å². The molecule has 1 rings (SSSR count). The van der Waals surface area contributed by atoms with Gasteiger partial charge in [0, 0.05) is 10.9 Å². The summed E-state index contributed by atoms with van der Waals surface area (Å²) in [6, 6.07) is 7.91. The summed E-state index contributed by atoms with van der Waals surface area (Å²) in [6.45, 7) is 2.22. The van der Waals surface area contributed by atoms with Crippen molar-refractivity contribution in [3.63, 3.8) is 0 Å². The Hall–Kier alpha value is -1.34. The Morgan fingerprint density at radius 3 is 2.88 bits per heavy atom. The Morgan fingerprint density at radius 2 is 2.29 bits per heavy atom. The molecule has 0 spiro atoms. The summed E-state index contributed by atoms with van der Waals surface area (Å²) in [6.07, 6.45) is 1.43. The van der Waals surface area contributed by atoms with Crippen molar-refractivity contribution in [1.29, 1.82) is 5.26 Å².